The van der Waals surface area contributed by atoms with Gasteiger partial charge in [-0.25, -0.2) is 18.2 Å². The number of H-pyrrole nitrogens is 1. The SMILES string of the molecule is CCC(Sc1nc(N)cc(=O)[nH]1)C(=O)Nc1ccc(F)c(F)c1F. The Morgan fingerprint density at radius 2 is 2.08 bits per heavy atom. The van der Waals surface area contributed by atoms with Crippen LogP contribution in [0.15, 0.2) is 28.2 Å². The number of carbonyl (C=O) groups is 1. The number of carbonyl (C=O) groups excluding carboxylic acids is 1. The summed E-state index contributed by atoms with van der Waals surface area (Å²) in [4.78, 5) is 29.8. The monoisotopic (exact) mass is 358 g/mol. The molecule has 2 aromatic rings. The highest BCUT2D eigenvalue weighted by atomic mass is 32.2. The molecule has 0 saturated carbocycles. The third-order valence-corrected chi connectivity index (χ3v) is 4.20. The van der Waals surface area contributed by atoms with Gasteiger partial charge in [-0.15, -0.1) is 0 Å². The Balaban J connectivity index is 2.17. The molecule has 1 atom stereocenters. The minimum atomic E-state index is -1.67. The zero-order valence-corrected chi connectivity index (χ0v) is 13.2. The zero-order chi connectivity index (χ0) is 17.9. The highest BCUT2D eigenvalue weighted by Crippen LogP contribution is 2.25. The minimum absolute atomic E-state index is 0.0110. The van der Waals surface area contributed by atoms with Crippen LogP contribution in [-0.4, -0.2) is 21.1 Å². The first-order valence-corrected chi connectivity index (χ1v) is 7.67. The Kier molecular flexibility index (Phi) is 5.50. The molecule has 0 radical (unpaired) electrons. The Labute approximate surface area is 138 Å². The molecule has 1 unspecified atom stereocenters. The van der Waals surface area contributed by atoms with Crippen LogP contribution in [0, 0.1) is 17.5 Å². The number of halogens is 3. The number of nitrogens with zero attached hydrogens (tertiary/aromatic N) is 1. The fourth-order valence-corrected chi connectivity index (χ4v) is 2.72. The van der Waals surface area contributed by atoms with Gasteiger partial charge in [0.15, 0.2) is 22.6 Å². The van der Waals surface area contributed by atoms with Crippen LogP contribution in [0.25, 0.3) is 0 Å². The number of nitrogens with two attached hydrogens (primary N) is 1. The van der Waals surface area contributed by atoms with Crippen LogP contribution in [0.4, 0.5) is 24.7 Å². The lowest BCUT2D eigenvalue weighted by molar-refractivity contribution is -0.115. The standard InChI is InChI=1S/C14H13F3N4O2S/c1-2-8(24-14-20-9(18)5-10(22)21-14)13(23)19-7-4-3-6(15)11(16)12(7)17/h3-5,8H,2H2,1H3,(H,19,23)(H3,18,20,21,22). The van der Waals surface area contributed by atoms with Crippen molar-refractivity contribution in [2.24, 2.45) is 0 Å². The van der Waals surface area contributed by atoms with Crippen molar-refractivity contribution in [3.63, 3.8) is 0 Å². The maximum absolute atomic E-state index is 13.6. The molecular weight excluding hydrogens is 345 g/mol. The average molecular weight is 358 g/mol. The molecule has 6 nitrogen and oxygen atoms in total. The zero-order valence-electron chi connectivity index (χ0n) is 12.4. The predicted molar refractivity (Wildman–Crippen MR) is 84.2 cm³/mol. The largest absolute Gasteiger partial charge is 0.383 e. The van der Waals surface area contributed by atoms with Crippen LogP contribution in [-0.2, 0) is 4.79 Å². The Bertz CT molecular complexity index is 828. The Morgan fingerprint density at radius 3 is 2.71 bits per heavy atom. The molecule has 0 aliphatic heterocycles. The highest BCUT2D eigenvalue weighted by Gasteiger charge is 2.22. The van der Waals surface area contributed by atoms with E-state index in [1.807, 2.05) is 0 Å². The van der Waals surface area contributed by atoms with Crippen molar-refractivity contribution < 1.29 is 18.0 Å². The minimum Gasteiger partial charge on any atom is -0.383 e. The van der Waals surface area contributed by atoms with Gasteiger partial charge in [-0.05, 0) is 18.6 Å². The quantitative estimate of drug-likeness (QED) is 0.432. The van der Waals surface area contributed by atoms with Gasteiger partial charge < -0.3 is 16.0 Å². The van der Waals surface area contributed by atoms with Crippen molar-refractivity contribution in [3.8, 4) is 0 Å². The molecular formula is C14H13F3N4O2S. The van der Waals surface area contributed by atoms with Crippen molar-refractivity contribution >= 4 is 29.2 Å². The number of aromatic amines is 1. The molecule has 0 saturated heterocycles. The fraction of sp³-hybridized carbons (Fsp3) is 0.214. The summed E-state index contributed by atoms with van der Waals surface area (Å²) in [7, 11) is 0. The number of benzene rings is 1. The molecule has 0 aliphatic carbocycles. The van der Waals surface area contributed by atoms with Gasteiger partial charge >= 0.3 is 0 Å². The van der Waals surface area contributed by atoms with Gasteiger partial charge in [0, 0.05) is 6.07 Å². The molecule has 0 fully saturated rings. The highest BCUT2D eigenvalue weighted by molar-refractivity contribution is 8.00. The van der Waals surface area contributed by atoms with E-state index in [9.17, 15) is 22.8 Å². The van der Waals surface area contributed by atoms with E-state index in [2.05, 4.69) is 15.3 Å². The van der Waals surface area contributed by atoms with Gasteiger partial charge in [-0.2, -0.15) is 0 Å². The molecule has 10 heteroatoms. The molecule has 0 bridgehead atoms. The lowest BCUT2D eigenvalue weighted by Crippen LogP contribution is -2.26. The van der Waals surface area contributed by atoms with E-state index in [-0.39, 0.29) is 11.0 Å². The van der Waals surface area contributed by atoms with E-state index in [1.165, 1.54) is 0 Å². The summed E-state index contributed by atoms with van der Waals surface area (Å²) in [5.41, 5.74) is 4.50. The van der Waals surface area contributed by atoms with E-state index in [1.54, 1.807) is 6.92 Å². The summed E-state index contributed by atoms with van der Waals surface area (Å²) in [6, 6.07) is 2.71. The predicted octanol–water partition coefficient (Wildman–Crippen LogP) is 2.28. The number of aromatic nitrogens is 2. The Hall–Kier alpha value is -2.49. The number of hydrogen-bond acceptors (Lipinski definition) is 5. The molecule has 1 aromatic carbocycles. The van der Waals surface area contributed by atoms with Gasteiger partial charge in [-0.1, -0.05) is 18.7 Å². The van der Waals surface area contributed by atoms with E-state index in [4.69, 9.17) is 5.73 Å². The van der Waals surface area contributed by atoms with Crippen LogP contribution in [0.1, 0.15) is 13.3 Å². The van der Waals surface area contributed by atoms with Gasteiger partial charge in [0.2, 0.25) is 5.91 Å². The van der Waals surface area contributed by atoms with E-state index >= 15 is 0 Å². The van der Waals surface area contributed by atoms with Crippen molar-refractivity contribution in [2.75, 3.05) is 11.1 Å². The third-order valence-electron chi connectivity index (χ3n) is 2.95. The van der Waals surface area contributed by atoms with Crippen LogP contribution in [0.2, 0.25) is 0 Å². The molecule has 0 aliphatic rings. The second-order valence-corrected chi connectivity index (χ2v) is 5.89. The summed E-state index contributed by atoms with van der Waals surface area (Å²) in [5.74, 6) is -5.18. The van der Waals surface area contributed by atoms with Crippen LogP contribution < -0.4 is 16.6 Å². The van der Waals surface area contributed by atoms with Crippen LogP contribution in [0.5, 0.6) is 0 Å². The molecule has 1 amide bonds. The summed E-state index contributed by atoms with van der Waals surface area (Å²) >= 11 is 0.909. The molecule has 0 spiro atoms. The van der Waals surface area contributed by atoms with Gasteiger partial charge in [0.25, 0.3) is 5.56 Å². The second kappa shape index (κ2) is 7.39. The molecule has 4 N–H and O–H groups in total. The lowest BCUT2D eigenvalue weighted by atomic mass is 10.2. The second-order valence-electron chi connectivity index (χ2n) is 4.70. The van der Waals surface area contributed by atoms with E-state index in [0.29, 0.717) is 12.5 Å². The molecule has 24 heavy (non-hydrogen) atoms. The summed E-state index contributed by atoms with van der Waals surface area (Å²) < 4.78 is 39.7. The number of rotatable bonds is 5. The summed E-state index contributed by atoms with van der Waals surface area (Å²) in [6.45, 7) is 1.68. The average Bonchev–Trinajstić information content (AvgIpc) is 2.52. The van der Waals surface area contributed by atoms with Crippen LogP contribution in [0.3, 0.4) is 0 Å². The molecule has 2 rings (SSSR count). The van der Waals surface area contributed by atoms with Crippen molar-refractivity contribution in [1.29, 1.82) is 0 Å². The number of nitrogens with one attached hydrogen (secondary N) is 2. The lowest BCUT2D eigenvalue weighted by Gasteiger charge is -2.14. The number of anilines is 2. The number of hydrogen-bond donors (Lipinski definition) is 3. The fourth-order valence-electron chi connectivity index (χ4n) is 1.80. The summed E-state index contributed by atoms with van der Waals surface area (Å²) in [6.07, 6.45) is 0.306. The van der Waals surface area contributed by atoms with Gasteiger partial charge in [0.05, 0.1) is 10.9 Å². The number of amides is 1. The van der Waals surface area contributed by atoms with E-state index in [0.717, 1.165) is 23.9 Å². The molecule has 128 valence electrons. The summed E-state index contributed by atoms with van der Waals surface area (Å²) in [5, 5.41) is 1.54. The van der Waals surface area contributed by atoms with Crippen molar-refractivity contribution in [1.82, 2.24) is 9.97 Å². The number of nitrogen functional groups attached to an aromatic ring is 1. The van der Waals surface area contributed by atoms with Gasteiger partial charge in [-0.3, -0.25) is 9.59 Å². The van der Waals surface area contributed by atoms with Crippen molar-refractivity contribution in [3.05, 3.63) is 46.0 Å². The smallest absolute Gasteiger partial charge is 0.253 e. The molecule has 1 aromatic heterocycles. The third kappa shape index (κ3) is 4.07. The normalized spacial score (nSPS) is 12.0. The first-order valence-electron chi connectivity index (χ1n) is 6.79. The number of thioether (sulfide) groups is 1. The Morgan fingerprint density at radius 1 is 1.38 bits per heavy atom. The first kappa shape index (κ1) is 17.9. The molecule has 1 heterocycles. The topological polar surface area (TPSA) is 101 Å². The van der Waals surface area contributed by atoms with Gasteiger partial charge in [0.1, 0.15) is 5.82 Å². The maximum Gasteiger partial charge on any atom is 0.253 e. The first-order chi connectivity index (χ1) is 11.3. The van der Waals surface area contributed by atoms with Crippen LogP contribution >= 0.6 is 11.8 Å². The van der Waals surface area contributed by atoms with Crippen molar-refractivity contribution in [2.45, 2.75) is 23.8 Å². The maximum atomic E-state index is 13.6. The van der Waals surface area contributed by atoms with E-state index < -0.39 is 39.9 Å².